The van der Waals surface area contributed by atoms with Gasteiger partial charge < -0.3 is 9.88 Å². The molecule has 0 radical (unpaired) electrons. The molecule has 0 fully saturated rings. The number of hydrogen-bond acceptors (Lipinski definition) is 1. The average Bonchev–Trinajstić information content (AvgIpc) is 2.68. The lowest BCUT2D eigenvalue weighted by Gasteiger charge is -2.06. The first-order valence-electron chi connectivity index (χ1n) is 7.11. The lowest BCUT2D eigenvalue weighted by molar-refractivity contribution is -0.120. The summed E-state index contributed by atoms with van der Waals surface area (Å²) in [6, 6.07) is 8.68. The van der Waals surface area contributed by atoms with Crippen molar-refractivity contribution >= 4 is 5.91 Å². The van der Waals surface area contributed by atoms with E-state index in [1.54, 1.807) is 18.2 Å². The van der Waals surface area contributed by atoms with Crippen molar-refractivity contribution in [3.63, 3.8) is 0 Å². The molecule has 2 rings (SSSR count). The Labute approximate surface area is 124 Å². The highest BCUT2D eigenvalue weighted by atomic mass is 19.1. The van der Waals surface area contributed by atoms with E-state index in [9.17, 15) is 9.18 Å². The topological polar surface area (TPSA) is 34.0 Å². The number of carbonyl (C=O) groups is 1. The quantitative estimate of drug-likeness (QED) is 0.902. The van der Waals surface area contributed by atoms with Gasteiger partial charge in [0, 0.05) is 25.0 Å². The maximum Gasteiger partial charge on any atom is 0.224 e. The largest absolute Gasteiger partial charge is 0.355 e. The Bertz CT molecular complexity index is 646. The number of amides is 1. The Morgan fingerprint density at radius 1 is 1.24 bits per heavy atom. The normalized spacial score (nSPS) is 10.7. The number of aryl methyl sites for hydroxylation is 1. The van der Waals surface area contributed by atoms with Crippen LogP contribution in [0.25, 0.3) is 0 Å². The van der Waals surface area contributed by atoms with Gasteiger partial charge in [-0.05, 0) is 43.5 Å². The third-order valence-corrected chi connectivity index (χ3v) is 3.91. The number of nitrogens with zero attached hydrogens (tertiary/aromatic N) is 1. The zero-order valence-corrected chi connectivity index (χ0v) is 12.7. The van der Waals surface area contributed by atoms with Crippen LogP contribution in [0.15, 0.2) is 30.3 Å². The Morgan fingerprint density at radius 3 is 2.57 bits per heavy atom. The van der Waals surface area contributed by atoms with Gasteiger partial charge in [0.2, 0.25) is 5.91 Å². The van der Waals surface area contributed by atoms with Crippen LogP contribution < -0.4 is 5.32 Å². The van der Waals surface area contributed by atoms with Crippen molar-refractivity contribution in [1.82, 2.24) is 9.88 Å². The summed E-state index contributed by atoms with van der Waals surface area (Å²) in [5.74, 6) is -0.249. The maximum atomic E-state index is 13.4. The highest BCUT2D eigenvalue weighted by molar-refractivity contribution is 5.78. The summed E-state index contributed by atoms with van der Waals surface area (Å²) in [5.41, 5.74) is 3.92. The zero-order chi connectivity index (χ0) is 15.4. The highest BCUT2D eigenvalue weighted by Crippen LogP contribution is 2.13. The van der Waals surface area contributed by atoms with E-state index in [-0.39, 0.29) is 11.7 Å². The lowest BCUT2D eigenvalue weighted by atomic mass is 10.1. The van der Waals surface area contributed by atoms with E-state index in [0.717, 1.165) is 17.0 Å². The molecule has 4 heteroatoms. The average molecular weight is 288 g/mol. The molecule has 2 aromatic rings. The first-order chi connectivity index (χ1) is 9.99. The van der Waals surface area contributed by atoms with Crippen LogP contribution in [0.1, 0.15) is 22.5 Å². The van der Waals surface area contributed by atoms with Crippen LogP contribution >= 0.6 is 0 Å². The van der Waals surface area contributed by atoms with Crippen molar-refractivity contribution in [2.75, 3.05) is 6.54 Å². The molecule has 0 saturated carbocycles. The molecule has 1 aromatic carbocycles. The fourth-order valence-electron chi connectivity index (χ4n) is 2.39. The van der Waals surface area contributed by atoms with Crippen molar-refractivity contribution in [3.05, 3.63) is 58.7 Å². The molecule has 3 nitrogen and oxygen atoms in total. The summed E-state index contributed by atoms with van der Waals surface area (Å²) in [5, 5.41) is 2.85. The van der Waals surface area contributed by atoms with Crippen molar-refractivity contribution in [2.45, 2.75) is 26.7 Å². The molecule has 0 spiro atoms. The van der Waals surface area contributed by atoms with E-state index in [1.807, 2.05) is 27.0 Å². The molecule has 0 saturated heterocycles. The van der Waals surface area contributed by atoms with Crippen molar-refractivity contribution in [1.29, 1.82) is 0 Å². The van der Waals surface area contributed by atoms with Crippen molar-refractivity contribution in [2.24, 2.45) is 7.05 Å². The van der Waals surface area contributed by atoms with Gasteiger partial charge in [-0.25, -0.2) is 4.39 Å². The minimum absolute atomic E-state index is 0.0277. The first-order valence-corrected chi connectivity index (χ1v) is 7.11. The number of halogens is 1. The van der Waals surface area contributed by atoms with E-state index in [4.69, 9.17) is 0 Å². The molecule has 0 aliphatic rings. The smallest absolute Gasteiger partial charge is 0.224 e. The van der Waals surface area contributed by atoms with Gasteiger partial charge in [-0.3, -0.25) is 4.79 Å². The maximum absolute atomic E-state index is 13.4. The SMILES string of the molecule is Cc1cc(CC(=O)NCCc2ccccc2F)c(C)n1C. The van der Waals surface area contributed by atoms with Crippen LogP contribution in [0.3, 0.4) is 0 Å². The Morgan fingerprint density at radius 2 is 1.95 bits per heavy atom. The molecule has 1 amide bonds. The van der Waals surface area contributed by atoms with Crippen LogP contribution in [0, 0.1) is 19.7 Å². The van der Waals surface area contributed by atoms with Crippen LogP contribution in [0.5, 0.6) is 0 Å². The number of carbonyl (C=O) groups excluding carboxylic acids is 1. The first kappa shape index (κ1) is 15.3. The fourth-order valence-corrected chi connectivity index (χ4v) is 2.39. The molecule has 0 aliphatic heterocycles. The third kappa shape index (κ3) is 3.72. The number of rotatable bonds is 5. The second-order valence-corrected chi connectivity index (χ2v) is 5.32. The Balaban J connectivity index is 1.85. The van der Waals surface area contributed by atoms with E-state index in [0.29, 0.717) is 24.9 Å². The van der Waals surface area contributed by atoms with Crippen molar-refractivity contribution in [3.8, 4) is 0 Å². The lowest BCUT2D eigenvalue weighted by Crippen LogP contribution is -2.27. The molecular formula is C17H21FN2O. The summed E-state index contributed by atoms with van der Waals surface area (Å²) < 4.78 is 15.5. The summed E-state index contributed by atoms with van der Waals surface area (Å²) in [6.07, 6.45) is 0.871. The monoisotopic (exact) mass is 288 g/mol. The summed E-state index contributed by atoms with van der Waals surface area (Å²) in [4.78, 5) is 11.9. The second-order valence-electron chi connectivity index (χ2n) is 5.32. The third-order valence-electron chi connectivity index (χ3n) is 3.91. The van der Waals surface area contributed by atoms with Gasteiger partial charge in [-0.15, -0.1) is 0 Å². The van der Waals surface area contributed by atoms with Gasteiger partial charge in [-0.1, -0.05) is 18.2 Å². The number of hydrogen-bond donors (Lipinski definition) is 1. The van der Waals surface area contributed by atoms with Gasteiger partial charge >= 0.3 is 0 Å². The van der Waals surface area contributed by atoms with Gasteiger partial charge in [0.15, 0.2) is 0 Å². The molecule has 0 atom stereocenters. The summed E-state index contributed by atoms with van der Waals surface area (Å²) >= 11 is 0. The van der Waals surface area contributed by atoms with Crippen LogP contribution in [-0.4, -0.2) is 17.0 Å². The molecule has 0 unspecified atom stereocenters. The number of aromatic nitrogens is 1. The minimum atomic E-state index is -0.221. The van der Waals surface area contributed by atoms with E-state index < -0.39 is 0 Å². The van der Waals surface area contributed by atoms with Crippen LogP contribution in [0.2, 0.25) is 0 Å². The van der Waals surface area contributed by atoms with Crippen molar-refractivity contribution < 1.29 is 9.18 Å². The second kappa shape index (κ2) is 6.57. The van der Waals surface area contributed by atoms with E-state index in [1.165, 1.54) is 6.07 Å². The molecule has 112 valence electrons. The Hall–Kier alpha value is -2.10. The standard InChI is InChI=1S/C17H21FN2O/c1-12-10-15(13(2)20(12)3)11-17(21)19-9-8-14-6-4-5-7-16(14)18/h4-7,10H,8-9,11H2,1-3H3,(H,19,21). The van der Waals surface area contributed by atoms with E-state index >= 15 is 0 Å². The highest BCUT2D eigenvalue weighted by Gasteiger charge is 2.10. The van der Waals surface area contributed by atoms with Gasteiger partial charge in [0.25, 0.3) is 0 Å². The molecule has 0 aliphatic carbocycles. The summed E-state index contributed by atoms with van der Waals surface area (Å²) in [7, 11) is 1.99. The molecule has 21 heavy (non-hydrogen) atoms. The summed E-state index contributed by atoms with van der Waals surface area (Å²) in [6.45, 7) is 4.48. The molecule has 1 N–H and O–H groups in total. The number of nitrogens with one attached hydrogen (secondary N) is 1. The molecular weight excluding hydrogens is 267 g/mol. The molecule has 0 bridgehead atoms. The molecule has 1 aromatic heterocycles. The fraction of sp³-hybridized carbons (Fsp3) is 0.353. The van der Waals surface area contributed by atoms with Gasteiger partial charge in [0.05, 0.1) is 6.42 Å². The predicted molar refractivity (Wildman–Crippen MR) is 81.7 cm³/mol. The van der Waals surface area contributed by atoms with Crippen LogP contribution in [0.4, 0.5) is 4.39 Å². The molecule has 1 heterocycles. The zero-order valence-electron chi connectivity index (χ0n) is 12.7. The van der Waals surface area contributed by atoms with E-state index in [2.05, 4.69) is 9.88 Å². The van der Waals surface area contributed by atoms with Gasteiger partial charge in [0.1, 0.15) is 5.82 Å². The number of benzene rings is 1. The minimum Gasteiger partial charge on any atom is -0.355 e. The Kier molecular flexibility index (Phi) is 4.78. The van der Waals surface area contributed by atoms with Gasteiger partial charge in [-0.2, -0.15) is 0 Å². The predicted octanol–water partition coefficient (Wildman–Crippen LogP) is 2.68. The van der Waals surface area contributed by atoms with Crippen LogP contribution in [-0.2, 0) is 24.7 Å².